The number of aromatic carboxylic acids is 1. The van der Waals surface area contributed by atoms with Crippen LogP contribution in [0.25, 0.3) is 0 Å². The van der Waals surface area contributed by atoms with Crippen molar-refractivity contribution in [2.75, 3.05) is 18.5 Å². The average Bonchev–Trinajstić information content (AvgIpc) is 2.29. The largest absolute Gasteiger partial charge is 0.478 e. The molecule has 1 rings (SSSR count). The Morgan fingerprint density at radius 3 is 2.55 bits per heavy atom. The van der Waals surface area contributed by atoms with E-state index in [1.165, 1.54) is 18.2 Å². The van der Waals surface area contributed by atoms with Gasteiger partial charge in [-0.05, 0) is 34.1 Å². The van der Waals surface area contributed by atoms with Crippen LogP contribution < -0.4 is 5.32 Å². The molecule has 0 bridgehead atoms. The van der Waals surface area contributed by atoms with Crippen molar-refractivity contribution in [3.05, 3.63) is 28.2 Å². The van der Waals surface area contributed by atoms with Gasteiger partial charge in [0.15, 0.2) is 0 Å². The van der Waals surface area contributed by atoms with Crippen molar-refractivity contribution < 1.29 is 32.6 Å². The minimum Gasteiger partial charge on any atom is -0.478 e. The first kappa shape index (κ1) is 16.4. The molecular formula is C11H9BrF3NO4. The quantitative estimate of drug-likeness (QED) is 0.851. The third-order valence-electron chi connectivity index (χ3n) is 1.98. The van der Waals surface area contributed by atoms with Gasteiger partial charge in [0.1, 0.15) is 13.2 Å². The Kier molecular flexibility index (Phi) is 5.52. The minimum atomic E-state index is -4.51. The molecule has 2 N–H and O–H groups in total. The van der Waals surface area contributed by atoms with Crippen LogP contribution in [0.15, 0.2) is 22.7 Å². The fourth-order valence-electron chi connectivity index (χ4n) is 1.22. The summed E-state index contributed by atoms with van der Waals surface area (Å²) >= 11 is 3.02. The Morgan fingerprint density at radius 1 is 1.35 bits per heavy atom. The van der Waals surface area contributed by atoms with Gasteiger partial charge >= 0.3 is 12.1 Å². The first-order valence-electron chi connectivity index (χ1n) is 5.16. The van der Waals surface area contributed by atoms with Crippen LogP contribution in [0.5, 0.6) is 0 Å². The normalized spacial score (nSPS) is 11.2. The molecule has 0 aliphatic rings. The highest BCUT2D eigenvalue weighted by Crippen LogP contribution is 2.21. The third-order valence-corrected chi connectivity index (χ3v) is 2.67. The number of amides is 1. The Balaban J connectivity index is 2.58. The highest BCUT2D eigenvalue weighted by atomic mass is 79.9. The molecule has 1 aromatic carbocycles. The summed E-state index contributed by atoms with van der Waals surface area (Å²) in [5.41, 5.74) is 0.0604. The molecule has 0 unspecified atom stereocenters. The molecular weight excluding hydrogens is 347 g/mol. The van der Waals surface area contributed by atoms with E-state index in [1.807, 2.05) is 0 Å². The van der Waals surface area contributed by atoms with Gasteiger partial charge in [0.25, 0.3) is 0 Å². The Morgan fingerprint density at radius 2 is 2.00 bits per heavy atom. The van der Waals surface area contributed by atoms with E-state index in [1.54, 1.807) is 0 Å². The van der Waals surface area contributed by atoms with E-state index < -0.39 is 31.3 Å². The molecule has 0 saturated carbocycles. The number of hydrogen-bond acceptors (Lipinski definition) is 3. The van der Waals surface area contributed by atoms with Crippen LogP contribution in [0.1, 0.15) is 10.4 Å². The van der Waals surface area contributed by atoms with Gasteiger partial charge in [0.05, 0.1) is 5.56 Å². The Hall–Kier alpha value is -1.61. The molecule has 5 nitrogen and oxygen atoms in total. The van der Waals surface area contributed by atoms with Crippen molar-refractivity contribution in [1.29, 1.82) is 0 Å². The van der Waals surface area contributed by atoms with Crippen molar-refractivity contribution in [2.24, 2.45) is 0 Å². The summed E-state index contributed by atoms with van der Waals surface area (Å²) in [4.78, 5) is 22.2. The van der Waals surface area contributed by atoms with Crippen LogP contribution in [0.4, 0.5) is 18.9 Å². The lowest BCUT2D eigenvalue weighted by Crippen LogP contribution is -2.24. The van der Waals surface area contributed by atoms with Gasteiger partial charge in [-0.1, -0.05) is 0 Å². The molecule has 0 radical (unpaired) electrons. The maximum atomic E-state index is 11.8. The van der Waals surface area contributed by atoms with Gasteiger partial charge in [0, 0.05) is 10.2 Å². The number of carboxylic acids is 1. The predicted molar refractivity (Wildman–Crippen MR) is 66.6 cm³/mol. The van der Waals surface area contributed by atoms with Gasteiger partial charge in [0.2, 0.25) is 5.91 Å². The number of carboxylic acid groups (broad SMARTS) is 1. The molecule has 0 heterocycles. The van der Waals surface area contributed by atoms with E-state index in [9.17, 15) is 22.8 Å². The second-order valence-electron chi connectivity index (χ2n) is 3.66. The van der Waals surface area contributed by atoms with Crippen molar-refractivity contribution in [3.8, 4) is 0 Å². The minimum absolute atomic E-state index is 0.0843. The SMILES string of the molecule is O=C(COCC(F)(F)F)Nc1ccc(Br)c(C(=O)O)c1. The van der Waals surface area contributed by atoms with Crippen LogP contribution in [-0.4, -0.2) is 36.4 Å². The fraction of sp³-hybridized carbons (Fsp3) is 0.273. The van der Waals surface area contributed by atoms with Crippen molar-refractivity contribution in [2.45, 2.75) is 6.18 Å². The zero-order chi connectivity index (χ0) is 15.3. The zero-order valence-corrected chi connectivity index (χ0v) is 11.4. The molecule has 9 heteroatoms. The van der Waals surface area contributed by atoms with E-state index in [0.717, 1.165) is 0 Å². The highest BCUT2D eigenvalue weighted by molar-refractivity contribution is 9.10. The summed E-state index contributed by atoms with van der Waals surface area (Å²) in [6.07, 6.45) is -4.51. The number of hydrogen-bond donors (Lipinski definition) is 2. The molecule has 0 aliphatic heterocycles. The second-order valence-corrected chi connectivity index (χ2v) is 4.51. The molecule has 110 valence electrons. The van der Waals surface area contributed by atoms with E-state index in [-0.39, 0.29) is 11.3 Å². The lowest BCUT2D eigenvalue weighted by molar-refractivity contribution is -0.174. The van der Waals surface area contributed by atoms with E-state index >= 15 is 0 Å². The van der Waals surface area contributed by atoms with Gasteiger partial charge < -0.3 is 15.2 Å². The number of rotatable bonds is 5. The average molecular weight is 356 g/mol. The highest BCUT2D eigenvalue weighted by Gasteiger charge is 2.27. The van der Waals surface area contributed by atoms with Crippen molar-refractivity contribution >= 4 is 33.5 Å². The maximum absolute atomic E-state index is 11.8. The van der Waals surface area contributed by atoms with Crippen LogP contribution in [0.2, 0.25) is 0 Å². The molecule has 0 saturated heterocycles. The number of carbonyl (C=O) groups excluding carboxylic acids is 1. The molecule has 0 spiro atoms. The summed E-state index contributed by atoms with van der Waals surface area (Å²) in [5.74, 6) is -2.02. The molecule has 0 atom stereocenters. The summed E-state index contributed by atoms with van der Waals surface area (Å²) in [6.45, 7) is -2.31. The standard InChI is InChI=1S/C11H9BrF3NO4/c12-8-2-1-6(3-7(8)10(18)19)16-9(17)4-20-5-11(13,14)15/h1-3H,4-5H2,(H,16,17)(H,18,19). The molecule has 0 aromatic heterocycles. The van der Waals surface area contributed by atoms with Crippen LogP contribution in [-0.2, 0) is 9.53 Å². The third kappa shape index (κ3) is 5.57. The fourth-order valence-corrected chi connectivity index (χ4v) is 1.64. The number of nitrogens with one attached hydrogen (secondary N) is 1. The number of alkyl halides is 3. The summed E-state index contributed by atoms with van der Waals surface area (Å²) in [5, 5.41) is 11.1. The van der Waals surface area contributed by atoms with Crippen LogP contribution in [0, 0.1) is 0 Å². The van der Waals surface area contributed by atoms with Gasteiger partial charge in [-0.25, -0.2) is 4.79 Å². The maximum Gasteiger partial charge on any atom is 0.411 e. The molecule has 0 fully saturated rings. The van der Waals surface area contributed by atoms with E-state index in [0.29, 0.717) is 4.47 Å². The summed E-state index contributed by atoms with van der Waals surface area (Å²) in [7, 11) is 0. The summed E-state index contributed by atoms with van der Waals surface area (Å²) < 4.78 is 39.9. The zero-order valence-electron chi connectivity index (χ0n) is 9.83. The van der Waals surface area contributed by atoms with Gasteiger partial charge in [-0.2, -0.15) is 13.2 Å². The smallest absolute Gasteiger partial charge is 0.411 e. The summed E-state index contributed by atoms with van der Waals surface area (Å²) in [6, 6.07) is 3.97. The van der Waals surface area contributed by atoms with Gasteiger partial charge in [-0.3, -0.25) is 4.79 Å². The van der Waals surface area contributed by atoms with Crippen molar-refractivity contribution in [3.63, 3.8) is 0 Å². The molecule has 20 heavy (non-hydrogen) atoms. The van der Waals surface area contributed by atoms with E-state index in [2.05, 4.69) is 26.0 Å². The number of carbonyl (C=O) groups is 2. The number of halogens is 4. The van der Waals surface area contributed by atoms with Crippen molar-refractivity contribution in [1.82, 2.24) is 0 Å². The Bertz CT molecular complexity index is 519. The number of anilines is 1. The number of benzene rings is 1. The molecule has 1 aromatic rings. The van der Waals surface area contributed by atoms with Crippen LogP contribution in [0.3, 0.4) is 0 Å². The monoisotopic (exact) mass is 355 g/mol. The lowest BCUT2D eigenvalue weighted by Gasteiger charge is -2.09. The van der Waals surface area contributed by atoms with Crippen LogP contribution >= 0.6 is 15.9 Å². The van der Waals surface area contributed by atoms with Gasteiger partial charge in [-0.15, -0.1) is 0 Å². The first-order valence-corrected chi connectivity index (χ1v) is 5.95. The van der Waals surface area contributed by atoms with E-state index in [4.69, 9.17) is 5.11 Å². The molecule has 0 aliphatic carbocycles. The number of ether oxygens (including phenoxy) is 1. The topological polar surface area (TPSA) is 75.6 Å². The lowest BCUT2D eigenvalue weighted by atomic mass is 10.2. The first-order chi connectivity index (χ1) is 9.19. The second kappa shape index (κ2) is 6.71. The molecule has 1 amide bonds. The predicted octanol–water partition coefficient (Wildman–Crippen LogP) is 2.66. The Labute approximate surface area is 119 Å².